The second-order valence-corrected chi connectivity index (χ2v) is 42.6. The molecule has 2 fully saturated rings. The third kappa shape index (κ3) is 32.0. The van der Waals surface area contributed by atoms with E-state index in [0.717, 1.165) is 96.9 Å². The van der Waals surface area contributed by atoms with E-state index in [1.807, 2.05) is 131 Å². The Hall–Kier alpha value is -10.5. The Labute approximate surface area is 949 Å². The molecule has 1 atom stereocenters. The molecule has 1 unspecified atom stereocenters. The maximum absolute atomic E-state index is 13.7. The fraction of sp³-hybridized carbons (Fsp3) is 0.243. The van der Waals surface area contributed by atoms with Gasteiger partial charge in [-0.3, -0.25) is 14.4 Å². The number of carbonyl (C=O) groups is 3. The van der Waals surface area contributed by atoms with E-state index >= 15 is 0 Å². The predicted octanol–water partition coefficient (Wildman–Crippen LogP) is 17.3. The van der Waals surface area contributed by atoms with Gasteiger partial charge in [0, 0.05) is 96.9 Å². The number of piperazine rings is 2. The van der Waals surface area contributed by atoms with Gasteiger partial charge in [-0.2, -0.15) is 0 Å². The fourth-order valence-electron chi connectivity index (χ4n) is 16.4. The molecule has 4 N–H and O–H groups in total. The molecule has 2 saturated heterocycles. The van der Waals surface area contributed by atoms with Gasteiger partial charge in [0.1, 0.15) is 63.2 Å². The SMILES string of the molecule is C.C.CC(C)(c1ccc(O)cc1)c1ccc(O)cc1.CN1CCN(C(=O)CCC(C)(c2ccc(O)cc2)c2ccc(O)cc2)CC1.COc1ccc(S(=O)(=O)c2ccc(Oc3ccc(C(C)(C)c4ccc(Oc5ccc(S(=O)(=O)c6ccc(Oc7ccc(C(C)(CCC(=O)N8CCN(C)CC8)c8ccc(C)cc8)cc7)cc6)cc5)cc4)cc3)cc2)cc1.O=CO[O-].O=S(=O)(c1ccc(Cl)cc1)c1ccc(Cl)cc1.[H-].[K+].[K+]. The summed E-state index contributed by atoms with van der Waals surface area (Å²) in [6, 6.07) is 98.3. The second-order valence-electron chi connectivity index (χ2n) is 35.9. The van der Waals surface area contributed by atoms with Crippen molar-refractivity contribution < 1.29 is 193 Å². The van der Waals surface area contributed by atoms with Crippen LogP contribution in [0.4, 0.5) is 0 Å². The van der Waals surface area contributed by atoms with E-state index in [4.69, 9.17) is 52.2 Å². The van der Waals surface area contributed by atoms with Crippen LogP contribution < -0.4 is 127 Å². The normalized spacial score (nSPS) is 13.1. The van der Waals surface area contributed by atoms with Crippen molar-refractivity contribution in [3.8, 4) is 63.2 Å². The maximum atomic E-state index is 13.7. The molecule has 30 heteroatoms. The Morgan fingerprint density at radius 2 is 0.517 bits per heavy atom. The molecule has 23 nitrogen and oxygen atoms in total. The Bertz CT molecular complexity index is 6710. The smallest absolute Gasteiger partial charge is 1.00 e. The first kappa shape index (κ1) is 120. The van der Waals surface area contributed by atoms with E-state index in [9.17, 15) is 55.3 Å². The topological polar surface area (TPSA) is 317 Å². The number of hydrogen-bond acceptors (Lipinski definition) is 21. The van der Waals surface area contributed by atoms with E-state index in [1.165, 1.54) is 73.3 Å². The number of halogens is 2. The summed E-state index contributed by atoms with van der Waals surface area (Å²) in [6.07, 6.45) is 2.22. The van der Waals surface area contributed by atoms with Crippen LogP contribution in [0.25, 0.3) is 0 Å². The Morgan fingerprint density at radius 3 is 0.738 bits per heavy atom. The van der Waals surface area contributed by atoms with Crippen LogP contribution in [0.2, 0.25) is 10.0 Å². The Morgan fingerprint density at radius 1 is 0.331 bits per heavy atom. The van der Waals surface area contributed by atoms with Crippen molar-refractivity contribution in [2.75, 3.05) is 73.6 Å². The number of nitrogens with zero attached hydrogens (tertiary/aromatic N) is 4. The number of sulfone groups is 3. The van der Waals surface area contributed by atoms with Crippen molar-refractivity contribution in [1.29, 1.82) is 0 Å². The number of methoxy groups -OCH3 is 1. The van der Waals surface area contributed by atoms with Crippen molar-refractivity contribution in [3.63, 3.8) is 0 Å². The van der Waals surface area contributed by atoms with E-state index in [0.29, 0.717) is 76.0 Å². The molecule has 0 aliphatic carbocycles. The molecule has 0 bridgehead atoms. The molecule has 145 heavy (non-hydrogen) atoms. The van der Waals surface area contributed by atoms with Gasteiger partial charge < -0.3 is 70.5 Å². The first-order chi connectivity index (χ1) is 67.2. The van der Waals surface area contributed by atoms with Gasteiger partial charge >= 0.3 is 103 Å². The number of phenolic OH excluding ortho intramolecular Hbond substituents is 4. The van der Waals surface area contributed by atoms with Gasteiger partial charge in [0.2, 0.25) is 41.3 Å². The first-order valence-corrected chi connectivity index (χ1v) is 50.9. The van der Waals surface area contributed by atoms with Crippen LogP contribution in [0.5, 0.6) is 63.2 Å². The van der Waals surface area contributed by atoms with Crippen LogP contribution in [0.15, 0.2) is 369 Å². The first-order valence-electron chi connectivity index (χ1n) is 45.7. The molecule has 0 saturated carbocycles. The summed E-state index contributed by atoms with van der Waals surface area (Å²) in [5.74, 6) is 5.24. The zero-order valence-electron chi connectivity index (χ0n) is 83.1. The van der Waals surface area contributed by atoms with Crippen molar-refractivity contribution >= 4 is 71.0 Å². The van der Waals surface area contributed by atoms with E-state index in [-0.39, 0.29) is 206 Å². The minimum absolute atomic E-state index is 0. The van der Waals surface area contributed by atoms with E-state index < -0.39 is 34.9 Å². The van der Waals surface area contributed by atoms with Crippen LogP contribution in [0, 0.1) is 6.92 Å². The molecule has 0 spiro atoms. The second kappa shape index (κ2) is 54.4. The van der Waals surface area contributed by atoms with Crippen molar-refractivity contribution in [1.82, 2.24) is 19.6 Å². The average Bonchev–Trinajstić information content (AvgIpc) is 0.814. The van der Waals surface area contributed by atoms with E-state index in [2.05, 4.69) is 102 Å². The number of hydrogen-bond donors (Lipinski definition) is 4. The quantitative estimate of drug-likeness (QED) is 0.0153. The molecule has 14 aromatic rings. The summed E-state index contributed by atoms with van der Waals surface area (Å²) in [7, 11) is -5.35. The minimum Gasteiger partial charge on any atom is -1.00 e. The fourth-order valence-corrected chi connectivity index (χ4v) is 20.4. The Balaban J connectivity index is 0.000000331. The number of ether oxygens (including phenoxy) is 4. The minimum atomic E-state index is -3.85. The van der Waals surface area contributed by atoms with Crippen LogP contribution in [0.1, 0.15) is 134 Å². The standard InChI is InChI=1S/C63H62N2O9S2.C22H28N2O3.C15H16O2.C12H8Cl2O2S.CH2O3.2CH4.2K.H/c1-45-7-9-48(10-8-45)63(4,40-39-61(66)65-43-41-64(5)42-44-65)49-15-21-53(22-16-49)74-56-29-37-60(38-30-56)76(69,70)59-35-27-55(28-36-59)73-52-19-13-47(14-20-52)62(2,3)46-11-17-51(18-12-46)72-54-25-33-58(34-26-54)75(67,68)57-31-23-50(71-6)24-32-57;1-22(17-3-7-19(25)8-4-17,18-5-9-20(26)10-6-18)12-11-21(27)24-15-13-23(2)14-16-24;1-15(2,11-3-7-13(16)8-4-11)12-5-9-14(17)10-6-12;13-9-1-5-11(6-2-9)17(15,16)12-7-3-10(14)4-8-12;2-1-4-3;;;;;/h7-38H,39-44H2,1-6H3;3-10,25-26H,11-16H2,1-2H3;3-10,16-17H,1-2H3;1-8H;1,3H;2*1H4;;;/q;;;;;;;2*+1;-1/p-1. The molecule has 14 aromatic carbocycles. The molecule has 752 valence electrons. The molecule has 0 radical (unpaired) electrons. The summed E-state index contributed by atoms with van der Waals surface area (Å²) >= 11 is 11.4. The van der Waals surface area contributed by atoms with Gasteiger partial charge in [-0.15, -0.1) is 0 Å². The number of benzene rings is 14. The molecule has 2 heterocycles. The Kier molecular flexibility index (Phi) is 44.9. The number of aromatic hydroxyl groups is 4. The molecule has 0 aromatic heterocycles. The molecule has 2 aliphatic heterocycles. The number of rotatable bonds is 28. The van der Waals surface area contributed by atoms with Gasteiger partial charge in [-0.1, -0.05) is 194 Å². The van der Waals surface area contributed by atoms with Gasteiger partial charge in [0.05, 0.1) is 36.5 Å². The third-order valence-electron chi connectivity index (χ3n) is 25.7. The summed E-state index contributed by atoms with van der Waals surface area (Å²) in [4.78, 5) is 46.8. The van der Waals surface area contributed by atoms with Gasteiger partial charge in [-0.05, 0) is 309 Å². The number of carbonyl (C=O) groups excluding carboxylic acids is 3. The van der Waals surface area contributed by atoms with Crippen molar-refractivity contribution in [2.45, 2.75) is 140 Å². The molecular weight excluding hydrogens is 1990 g/mol. The van der Waals surface area contributed by atoms with Gasteiger partial charge in [-0.25, -0.2) is 25.3 Å². The maximum Gasteiger partial charge on any atom is 1.00 e. The van der Waals surface area contributed by atoms with Crippen LogP contribution in [-0.4, -0.2) is 157 Å². The summed E-state index contributed by atoms with van der Waals surface area (Å²) in [6.45, 7) is 21.4. The molecule has 2 amide bonds. The number of amides is 2. The summed E-state index contributed by atoms with van der Waals surface area (Å²) < 4.78 is 102. The van der Waals surface area contributed by atoms with Crippen LogP contribution in [0.3, 0.4) is 0 Å². The van der Waals surface area contributed by atoms with E-state index in [1.54, 1.807) is 133 Å². The van der Waals surface area contributed by atoms with Crippen LogP contribution in [-0.2, 0) is 70.4 Å². The third-order valence-corrected chi connectivity index (χ3v) is 31.5. The number of likely N-dealkylation sites (N-methyl/N-ethyl adjacent to an activating group) is 2. The number of aryl methyl sites for hydroxylation is 1. The van der Waals surface area contributed by atoms with Crippen molar-refractivity contribution in [3.05, 3.63) is 400 Å². The zero-order chi connectivity index (χ0) is 101. The molecule has 16 rings (SSSR count). The monoisotopic (exact) mass is 2110 g/mol. The summed E-state index contributed by atoms with van der Waals surface area (Å²) in [5, 5.41) is 47.3. The van der Waals surface area contributed by atoms with Gasteiger partial charge in [0.25, 0.3) is 6.47 Å². The largest absolute Gasteiger partial charge is 1.00 e. The predicted molar refractivity (Wildman–Crippen MR) is 560 cm³/mol. The zero-order valence-corrected chi connectivity index (χ0v) is 92.3. The molecular formula is C115H124Cl2K2N4O19S3. The number of phenols is 4. The summed E-state index contributed by atoms with van der Waals surface area (Å²) in [5.41, 5.74) is 8.50. The van der Waals surface area contributed by atoms with Crippen molar-refractivity contribution in [2.24, 2.45) is 0 Å². The molecule has 2 aliphatic rings. The average molecular weight is 2110 g/mol. The van der Waals surface area contributed by atoms with Crippen LogP contribution >= 0.6 is 23.2 Å². The van der Waals surface area contributed by atoms with Gasteiger partial charge in [0.15, 0.2) is 0 Å².